The number of rotatable bonds is 11. The van der Waals surface area contributed by atoms with Gasteiger partial charge in [0.05, 0.1) is 22.2 Å². The molecule has 0 aliphatic carbocycles. The van der Waals surface area contributed by atoms with Crippen molar-refractivity contribution in [1.29, 1.82) is 0 Å². The quantitative estimate of drug-likeness (QED) is 0.185. The zero-order valence-corrected chi connectivity index (χ0v) is 25.0. The van der Waals surface area contributed by atoms with E-state index in [1.807, 2.05) is 50.3 Å². The van der Waals surface area contributed by atoms with E-state index in [1.165, 1.54) is 0 Å². The van der Waals surface area contributed by atoms with Crippen molar-refractivity contribution >= 4 is 65.2 Å². The monoisotopic (exact) mass is 605 g/mol. The third-order valence-electron chi connectivity index (χ3n) is 6.19. The predicted molar refractivity (Wildman–Crippen MR) is 163 cm³/mol. The van der Waals surface area contributed by atoms with Gasteiger partial charge in [0.2, 0.25) is 0 Å². The van der Waals surface area contributed by atoms with Crippen molar-refractivity contribution in [3.05, 3.63) is 87.3 Å². The van der Waals surface area contributed by atoms with Crippen LogP contribution < -0.4 is 4.90 Å². The maximum Gasteiger partial charge on any atom is 0.264 e. The van der Waals surface area contributed by atoms with Gasteiger partial charge in [-0.05, 0) is 80.0 Å². The number of anilines is 1. The van der Waals surface area contributed by atoms with Crippen LogP contribution in [0.3, 0.4) is 0 Å². The lowest BCUT2D eigenvalue weighted by molar-refractivity contribution is 0.479. The first kappa shape index (κ1) is 29.6. The topological polar surface area (TPSA) is 112 Å². The number of fused-ring (bicyclic) bond motifs is 2. The van der Waals surface area contributed by atoms with Crippen LogP contribution in [0.15, 0.2) is 70.6 Å². The molecule has 7 nitrogen and oxygen atoms in total. The first-order chi connectivity index (χ1) is 18.4. The molecule has 2 N–H and O–H groups in total. The van der Waals surface area contributed by atoms with Crippen molar-refractivity contribution in [2.24, 2.45) is 0 Å². The summed E-state index contributed by atoms with van der Waals surface area (Å²) in [6, 6.07) is 12.4. The molecule has 39 heavy (non-hydrogen) atoms. The summed E-state index contributed by atoms with van der Waals surface area (Å²) in [5, 5.41) is 2.08. The molecule has 0 bridgehead atoms. The summed E-state index contributed by atoms with van der Waals surface area (Å²) in [6.45, 7) is 4.50. The number of hydrogen-bond acceptors (Lipinski definition) is 7. The Hall–Kier alpha value is -2.41. The second kappa shape index (κ2) is 12.4. The lowest BCUT2D eigenvalue weighted by Gasteiger charge is -2.20. The molecule has 4 rings (SSSR count). The normalized spacial score (nSPS) is 15.4. The van der Waals surface area contributed by atoms with E-state index in [2.05, 4.69) is 35.2 Å². The molecule has 0 saturated carbocycles. The molecular weight excluding hydrogens is 575 g/mol. The lowest BCUT2D eigenvalue weighted by Crippen LogP contribution is -2.21. The van der Waals surface area contributed by atoms with Gasteiger partial charge in [-0.25, -0.2) is 0 Å². The van der Waals surface area contributed by atoms with Gasteiger partial charge >= 0.3 is 0 Å². The summed E-state index contributed by atoms with van der Waals surface area (Å²) >= 11 is 3.26. The SMILES string of the molecule is Cc1ccc2c(c1)N(CCCS(=O)(=O)O)/C(=C/C=C/C=C/c1sc3ccc(C)cc3c1CCCS(=O)(=O)O)S2. The molecular formula is C28H31NO6S4. The Kier molecular flexibility index (Phi) is 9.41. The number of thiophene rings is 1. The Morgan fingerprint density at radius 2 is 1.56 bits per heavy atom. The van der Waals surface area contributed by atoms with Crippen LogP contribution in [0.25, 0.3) is 16.2 Å². The van der Waals surface area contributed by atoms with Gasteiger partial charge in [-0.3, -0.25) is 9.11 Å². The zero-order chi connectivity index (χ0) is 28.2. The molecule has 2 aromatic carbocycles. The van der Waals surface area contributed by atoms with Crippen LogP contribution in [0.5, 0.6) is 0 Å². The third-order valence-corrected chi connectivity index (χ3v) is 10.1. The highest BCUT2D eigenvalue weighted by atomic mass is 32.2. The number of allylic oxidation sites excluding steroid dienone is 4. The molecule has 11 heteroatoms. The number of aryl methyl sites for hydroxylation is 3. The van der Waals surface area contributed by atoms with E-state index in [0.29, 0.717) is 25.8 Å². The Morgan fingerprint density at radius 1 is 0.872 bits per heavy atom. The number of benzene rings is 2. The minimum absolute atomic E-state index is 0.271. The Labute approximate surface area is 238 Å². The third kappa shape index (κ3) is 8.29. The van der Waals surface area contributed by atoms with Gasteiger partial charge in [-0.15, -0.1) is 11.3 Å². The fourth-order valence-electron chi connectivity index (χ4n) is 4.42. The van der Waals surface area contributed by atoms with Crippen molar-refractivity contribution in [3.8, 4) is 0 Å². The molecule has 0 atom stereocenters. The van der Waals surface area contributed by atoms with Crippen LogP contribution in [-0.4, -0.2) is 44.0 Å². The van der Waals surface area contributed by atoms with E-state index in [1.54, 1.807) is 23.1 Å². The van der Waals surface area contributed by atoms with Crippen LogP contribution in [0.1, 0.15) is 34.4 Å². The second-order valence-corrected chi connectivity index (χ2v) is 14.7. The number of hydrogen-bond donors (Lipinski definition) is 2. The second-order valence-electron chi connectivity index (χ2n) is 9.45. The number of thioether (sulfide) groups is 1. The van der Waals surface area contributed by atoms with Crippen LogP contribution in [0.2, 0.25) is 0 Å². The minimum atomic E-state index is -4.02. The van der Waals surface area contributed by atoms with Crippen LogP contribution in [0, 0.1) is 13.8 Å². The maximum absolute atomic E-state index is 11.2. The van der Waals surface area contributed by atoms with E-state index in [4.69, 9.17) is 9.11 Å². The summed E-state index contributed by atoms with van der Waals surface area (Å²) in [7, 11) is -8.02. The highest BCUT2D eigenvalue weighted by Crippen LogP contribution is 2.46. The van der Waals surface area contributed by atoms with Crippen molar-refractivity contribution in [1.82, 2.24) is 0 Å². The first-order valence-corrected chi connectivity index (χ1v) is 17.3. The largest absolute Gasteiger partial charge is 0.335 e. The molecule has 1 aliphatic heterocycles. The van der Waals surface area contributed by atoms with Crippen LogP contribution in [-0.2, 0) is 26.7 Å². The van der Waals surface area contributed by atoms with Crippen molar-refractivity contribution in [2.45, 2.75) is 38.0 Å². The highest BCUT2D eigenvalue weighted by Gasteiger charge is 2.25. The fraction of sp³-hybridized carbons (Fsp3) is 0.286. The molecule has 1 aliphatic rings. The molecule has 2 heterocycles. The predicted octanol–water partition coefficient (Wildman–Crippen LogP) is 6.64. The van der Waals surface area contributed by atoms with Gasteiger partial charge in [0.25, 0.3) is 20.2 Å². The molecule has 0 fully saturated rings. The number of nitrogens with zero attached hydrogens (tertiary/aromatic N) is 1. The molecule has 208 valence electrons. The molecule has 1 aromatic heterocycles. The molecule has 3 aromatic rings. The van der Waals surface area contributed by atoms with Gasteiger partial charge in [0.15, 0.2) is 0 Å². The standard InChI is InChI=1S/C28H31NO6S4/c1-20-11-13-26-23(18-20)22(8-6-16-38(30,31)32)25(36-26)9-4-3-5-10-28-29(15-7-17-39(33,34)35)24-19-21(2)12-14-27(24)37-28/h3-5,9-14,18-19H,6-8,15-17H2,1-2H3,(H,30,31,32)(H,33,34,35)/b5-3+,9-4+,28-10-. The van der Waals surface area contributed by atoms with Crippen LogP contribution >= 0.6 is 23.1 Å². The summed E-state index contributed by atoms with van der Waals surface area (Å²) in [5.41, 5.74) is 4.35. The smallest absolute Gasteiger partial charge is 0.264 e. The van der Waals surface area contributed by atoms with Crippen molar-refractivity contribution in [3.63, 3.8) is 0 Å². The summed E-state index contributed by atoms with van der Waals surface area (Å²) in [4.78, 5) is 4.22. The first-order valence-electron chi connectivity index (χ1n) is 12.4. The zero-order valence-electron chi connectivity index (χ0n) is 21.7. The molecule has 0 radical (unpaired) electrons. The summed E-state index contributed by atoms with van der Waals surface area (Å²) in [5.74, 6) is -0.560. The van der Waals surface area contributed by atoms with Gasteiger partial charge in [0, 0.05) is 21.0 Å². The molecule has 0 spiro atoms. The van der Waals surface area contributed by atoms with E-state index in [9.17, 15) is 16.8 Å². The summed E-state index contributed by atoms with van der Waals surface area (Å²) < 4.78 is 64.2. The van der Waals surface area contributed by atoms with E-state index >= 15 is 0 Å². The highest BCUT2D eigenvalue weighted by molar-refractivity contribution is 8.03. The minimum Gasteiger partial charge on any atom is -0.335 e. The van der Waals surface area contributed by atoms with Crippen molar-refractivity contribution < 1.29 is 25.9 Å². The molecule has 0 saturated heterocycles. The molecule has 0 amide bonds. The summed E-state index contributed by atoms with van der Waals surface area (Å²) in [6.07, 6.45) is 11.0. The lowest BCUT2D eigenvalue weighted by atomic mass is 10.0. The average Bonchev–Trinajstić information content (AvgIpc) is 3.34. The maximum atomic E-state index is 11.2. The van der Waals surface area contributed by atoms with Gasteiger partial charge < -0.3 is 4.90 Å². The van der Waals surface area contributed by atoms with Gasteiger partial charge in [-0.2, -0.15) is 16.8 Å². The Balaban J connectivity index is 1.52. The van der Waals surface area contributed by atoms with E-state index < -0.39 is 20.2 Å². The van der Waals surface area contributed by atoms with Gasteiger partial charge in [0.1, 0.15) is 0 Å². The van der Waals surface area contributed by atoms with E-state index in [0.717, 1.165) is 47.3 Å². The van der Waals surface area contributed by atoms with E-state index in [-0.39, 0.29) is 11.5 Å². The average molecular weight is 606 g/mol. The van der Waals surface area contributed by atoms with Crippen LogP contribution in [0.4, 0.5) is 5.69 Å². The fourth-order valence-corrected chi connectivity index (χ4v) is 7.65. The Morgan fingerprint density at radius 3 is 2.31 bits per heavy atom. The molecule has 0 unspecified atom stereocenters. The Bertz CT molecular complexity index is 1670. The van der Waals surface area contributed by atoms with Gasteiger partial charge in [-0.1, -0.05) is 53.8 Å². The van der Waals surface area contributed by atoms with Crippen molar-refractivity contribution in [2.75, 3.05) is 23.0 Å².